The number of phenolic OH excluding ortho intramolecular Hbond substituents is 1. The number of aromatic hydroxyl groups is 1. The minimum absolute atomic E-state index is 0.196. The summed E-state index contributed by atoms with van der Waals surface area (Å²) in [4.78, 5) is 0. The van der Waals surface area contributed by atoms with Gasteiger partial charge in [-0.15, -0.1) is 15.3 Å². The van der Waals surface area contributed by atoms with E-state index in [1.807, 2.05) is 54.6 Å². The molecule has 0 aliphatic heterocycles. The highest BCUT2D eigenvalue weighted by Gasteiger charge is 2.12. The Morgan fingerprint density at radius 1 is 0.581 bits per heavy atom. The molecular formula is C24H20N4O3. The van der Waals surface area contributed by atoms with Gasteiger partial charge < -0.3 is 14.6 Å². The van der Waals surface area contributed by atoms with E-state index in [9.17, 15) is 5.11 Å². The molecule has 0 unspecified atom stereocenters. The lowest BCUT2D eigenvalue weighted by atomic mass is 10.1. The summed E-state index contributed by atoms with van der Waals surface area (Å²) >= 11 is 0. The molecule has 0 saturated heterocycles. The van der Waals surface area contributed by atoms with Gasteiger partial charge in [0.05, 0.1) is 25.6 Å². The second kappa shape index (κ2) is 9.04. The fourth-order valence-corrected chi connectivity index (χ4v) is 3.09. The molecule has 7 nitrogen and oxygen atoms in total. The molecule has 0 bridgehead atoms. The second-order valence-corrected chi connectivity index (χ2v) is 6.58. The van der Waals surface area contributed by atoms with Gasteiger partial charge in [0.1, 0.15) is 28.6 Å². The summed E-state index contributed by atoms with van der Waals surface area (Å²) in [5.41, 5.74) is 2.35. The summed E-state index contributed by atoms with van der Waals surface area (Å²) in [6, 6.07) is 23.6. The maximum Gasteiger partial charge on any atom is 0.148 e. The van der Waals surface area contributed by atoms with Gasteiger partial charge in [0, 0.05) is 22.9 Å². The minimum Gasteiger partial charge on any atom is -0.507 e. The number of azo groups is 2. The average Bonchev–Trinajstić information content (AvgIpc) is 2.83. The highest BCUT2D eigenvalue weighted by atomic mass is 16.5. The molecule has 0 aliphatic carbocycles. The minimum atomic E-state index is 0.196. The molecule has 0 amide bonds. The Morgan fingerprint density at radius 3 is 1.77 bits per heavy atom. The van der Waals surface area contributed by atoms with E-state index in [-0.39, 0.29) is 5.75 Å². The largest absolute Gasteiger partial charge is 0.507 e. The van der Waals surface area contributed by atoms with Crippen molar-refractivity contribution in [1.29, 1.82) is 0 Å². The molecule has 0 fully saturated rings. The molecule has 0 radical (unpaired) electrons. The van der Waals surface area contributed by atoms with Crippen molar-refractivity contribution in [3.63, 3.8) is 0 Å². The van der Waals surface area contributed by atoms with Crippen LogP contribution in [-0.2, 0) is 0 Å². The molecule has 0 saturated carbocycles. The van der Waals surface area contributed by atoms with E-state index in [0.717, 1.165) is 11.1 Å². The van der Waals surface area contributed by atoms with Gasteiger partial charge in [-0.3, -0.25) is 0 Å². The molecule has 0 heterocycles. The Labute approximate surface area is 179 Å². The van der Waals surface area contributed by atoms with E-state index in [1.54, 1.807) is 38.5 Å². The lowest BCUT2D eigenvalue weighted by Crippen LogP contribution is -1.87. The molecule has 7 heteroatoms. The first-order valence-corrected chi connectivity index (χ1v) is 9.55. The molecule has 4 aromatic rings. The van der Waals surface area contributed by atoms with Crippen molar-refractivity contribution in [2.75, 3.05) is 14.2 Å². The summed E-state index contributed by atoms with van der Waals surface area (Å²) in [7, 11) is 3.10. The summed E-state index contributed by atoms with van der Waals surface area (Å²) < 4.78 is 10.9. The van der Waals surface area contributed by atoms with Crippen molar-refractivity contribution in [2.24, 2.45) is 20.5 Å². The van der Waals surface area contributed by atoms with Gasteiger partial charge in [0.25, 0.3) is 0 Å². The van der Waals surface area contributed by atoms with Gasteiger partial charge in [-0.2, -0.15) is 5.11 Å². The van der Waals surface area contributed by atoms with Crippen LogP contribution in [0.4, 0.5) is 22.7 Å². The summed E-state index contributed by atoms with van der Waals surface area (Å²) in [6.45, 7) is 0. The zero-order valence-electron chi connectivity index (χ0n) is 17.1. The van der Waals surface area contributed by atoms with Crippen LogP contribution in [-0.4, -0.2) is 19.3 Å². The van der Waals surface area contributed by atoms with Crippen molar-refractivity contribution in [3.8, 4) is 17.2 Å². The van der Waals surface area contributed by atoms with Crippen LogP contribution in [0.2, 0.25) is 0 Å². The van der Waals surface area contributed by atoms with E-state index in [0.29, 0.717) is 33.9 Å². The van der Waals surface area contributed by atoms with Gasteiger partial charge >= 0.3 is 0 Å². The van der Waals surface area contributed by atoms with Crippen LogP contribution in [0.1, 0.15) is 0 Å². The number of nitrogens with zero attached hydrogens (tertiary/aromatic N) is 4. The predicted molar refractivity (Wildman–Crippen MR) is 120 cm³/mol. The van der Waals surface area contributed by atoms with Crippen LogP contribution < -0.4 is 9.47 Å². The predicted octanol–water partition coefficient (Wildman–Crippen LogP) is 7.39. The number of hydrogen-bond donors (Lipinski definition) is 1. The lowest BCUT2D eigenvalue weighted by molar-refractivity contribution is 0.405. The molecule has 0 aliphatic rings. The van der Waals surface area contributed by atoms with Crippen molar-refractivity contribution in [2.45, 2.75) is 0 Å². The molecule has 0 aromatic heterocycles. The lowest BCUT2D eigenvalue weighted by Gasteiger charge is -2.09. The first-order valence-electron chi connectivity index (χ1n) is 9.55. The number of methoxy groups -OCH3 is 2. The van der Waals surface area contributed by atoms with Crippen molar-refractivity contribution < 1.29 is 14.6 Å². The van der Waals surface area contributed by atoms with E-state index in [1.165, 1.54) is 0 Å². The number of benzene rings is 4. The second-order valence-electron chi connectivity index (χ2n) is 6.58. The first-order chi connectivity index (χ1) is 15.2. The third kappa shape index (κ3) is 4.35. The zero-order chi connectivity index (χ0) is 21.6. The van der Waals surface area contributed by atoms with Crippen molar-refractivity contribution in [1.82, 2.24) is 0 Å². The summed E-state index contributed by atoms with van der Waals surface area (Å²) in [5.74, 6) is 1.17. The van der Waals surface area contributed by atoms with Gasteiger partial charge in [0.2, 0.25) is 0 Å². The van der Waals surface area contributed by atoms with Crippen LogP contribution in [0.3, 0.4) is 0 Å². The maximum absolute atomic E-state index is 10.1. The van der Waals surface area contributed by atoms with Gasteiger partial charge in [-0.05, 0) is 24.3 Å². The Bertz CT molecular complexity index is 1270. The van der Waals surface area contributed by atoms with Crippen LogP contribution in [0.15, 0.2) is 99.3 Å². The number of phenols is 1. The summed E-state index contributed by atoms with van der Waals surface area (Å²) in [6.07, 6.45) is 0. The average molecular weight is 412 g/mol. The molecule has 4 aromatic carbocycles. The molecule has 0 atom stereocenters. The number of rotatable bonds is 6. The fourth-order valence-electron chi connectivity index (χ4n) is 3.09. The van der Waals surface area contributed by atoms with E-state index < -0.39 is 0 Å². The van der Waals surface area contributed by atoms with Gasteiger partial charge in [-0.1, -0.05) is 42.5 Å². The Balaban J connectivity index is 1.71. The Kier molecular flexibility index (Phi) is 5.84. The molecule has 4 rings (SSSR count). The summed E-state index contributed by atoms with van der Waals surface area (Å²) in [5, 5.41) is 28.8. The van der Waals surface area contributed by atoms with E-state index in [4.69, 9.17) is 9.47 Å². The van der Waals surface area contributed by atoms with Crippen LogP contribution in [0.25, 0.3) is 10.8 Å². The number of fused-ring (bicyclic) bond motifs is 1. The highest BCUT2D eigenvalue weighted by Crippen LogP contribution is 2.41. The third-order valence-corrected chi connectivity index (χ3v) is 4.65. The highest BCUT2D eigenvalue weighted by molar-refractivity contribution is 5.96. The van der Waals surface area contributed by atoms with Crippen molar-refractivity contribution >= 4 is 33.5 Å². The van der Waals surface area contributed by atoms with E-state index in [2.05, 4.69) is 20.5 Å². The molecule has 154 valence electrons. The molecule has 1 N–H and O–H groups in total. The normalized spacial score (nSPS) is 11.4. The zero-order valence-corrected chi connectivity index (χ0v) is 17.1. The number of ether oxygens (including phenoxy) is 2. The quantitative estimate of drug-likeness (QED) is 0.335. The standard InChI is InChI=1S/C24H20N4O3/c1-30-23-15-21(24(31-2)14-20(23)27-25-16-8-4-3-5-9-16)28-26-19-12-13-22(29)18-11-7-6-10-17(18)19/h3-15,29H,1-2H3/b27-25+,28-26+. The molecule has 0 spiro atoms. The van der Waals surface area contributed by atoms with E-state index >= 15 is 0 Å². The Morgan fingerprint density at radius 2 is 1.13 bits per heavy atom. The van der Waals surface area contributed by atoms with Crippen molar-refractivity contribution in [3.05, 3.63) is 78.9 Å². The first kappa shape index (κ1) is 20.0. The fraction of sp³-hybridized carbons (Fsp3) is 0.0833. The molecular weight excluding hydrogens is 392 g/mol. The molecule has 31 heavy (non-hydrogen) atoms. The Hall–Kier alpha value is -4.26. The maximum atomic E-state index is 10.1. The monoisotopic (exact) mass is 412 g/mol. The van der Waals surface area contributed by atoms with Crippen LogP contribution >= 0.6 is 0 Å². The third-order valence-electron chi connectivity index (χ3n) is 4.65. The van der Waals surface area contributed by atoms with Crippen LogP contribution in [0, 0.1) is 0 Å². The van der Waals surface area contributed by atoms with Gasteiger partial charge in [0.15, 0.2) is 0 Å². The number of hydrogen-bond acceptors (Lipinski definition) is 7. The van der Waals surface area contributed by atoms with Gasteiger partial charge in [-0.25, -0.2) is 0 Å². The SMILES string of the molecule is COc1cc(/N=N/c2ccc(O)c3ccccc23)c(OC)cc1/N=N/c1ccccc1. The topological polar surface area (TPSA) is 88.1 Å². The van der Waals surface area contributed by atoms with Crippen LogP contribution in [0.5, 0.6) is 17.2 Å². The smallest absolute Gasteiger partial charge is 0.148 e.